The van der Waals surface area contributed by atoms with E-state index in [-0.39, 0.29) is 17.9 Å². The highest BCUT2D eigenvalue weighted by atomic mass is 32.2. The molecule has 1 saturated carbocycles. The first-order valence-electron chi connectivity index (χ1n) is 8.43. The number of carbonyl (C=O) groups excluding carboxylic acids is 1. The summed E-state index contributed by atoms with van der Waals surface area (Å²) in [5.74, 6) is -0.242. The van der Waals surface area contributed by atoms with Crippen molar-refractivity contribution < 1.29 is 13.2 Å². The summed E-state index contributed by atoms with van der Waals surface area (Å²) in [4.78, 5) is 14.5. The van der Waals surface area contributed by atoms with E-state index in [4.69, 9.17) is 0 Å². The minimum absolute atomic E-state index is 0.0137. The van der Waals surface area contributed by atoms with E-state index in [1.54, 1.807) is 36.4 Å². The molecule has 24 heavy (non-hydrogen) atoms. The van der Waals surface area contributed by atoms with Crippen molar-refractivity contribution in [2.75, 3.05) is 13.6 Å². The van der Waals surface area contributed by atoms with Gasteiger partial charge in [-0.05, 0) is 31.9 Å². The molecule has 1 aliphatic carbocycles. The number of benzene rings is 1. The number of fused-ring (bicyclic) bond motifs is 1. The van der Waals surface area contributed by atoms with Crippen LogP contribution in [0.3, 0.4) is 0 Å². The molecule has 1 fully saturated rings. The predicted octanol–water partition coefficient (Wildman–Crippen LogP) is 2.53. The van der Waals surface area contributed by atoms with Crippen LogP contribution in [0.1, 0.15) is 31.2 Å². The monoisotopic (exact) mass is 348 g/mol. The van der Waals surface area contributed by atoms with E-state index in [1.165, 1.54) is 4.31 Å². The molecule has 6 heteroatoms. The first kappa shape index (κ1) is 17.2. The van der Waals surface area contributed by atoms with Gasteiger partial charge in [0, 0.05) is 25.8 Å². The maximum absolute atomic E-state index is 13.2. The van der Waals surface area contributed by atoms with Crippen LogP contribution in [0, 0.1) is 12.8 Å². The number of hydrogen-bond acceptors (Lipinski definition) is 3. The maximum atomic E-state index is 13.2. The molecule has 0 aromatic heterocycles. The summed E-state index contributed by atoms with van der Waals surface area (Å²) in [5.41, 5.74) is 1.02. The first-order valence-corrected chi connectivity index (χ1v) is 9.87. The molecule has 130 valence electrons. The Kier molecular flexibility index (Phi) is 4.78. The van der Waals surface area contributed by atoms with Crippen molar-refractivity contribution in [1.29, 1.82) is 0 Å². The van der Waals surface area contributed by atoms with E-state index in [2.05, 4.69) is 0 Å². The third-order valence-corrected chi connectivity index (χ3v) is 6.91. The number of sulfonamides is 1. The van der Waals surface area contributed by atoms with Gasteiger partial charge in [-0.25, -0.2) is 8.42 Å². The quantitative estimate of drug-likeness (QED) is 0.825. The van der Waals surface area contributed by atoms with Crippen LogP contribution in [0.5, 0.6) is 0 Å². The molecule has 1 heterocycles. The molecule has 0 saturated heterocycles. The second-order valence-corrected chi connectivity index (χ2v) is 8.57. The zero-order valence-corrected chi connectivity index (χ0v) is 15.0. The van der Waals surface area contributed by atoms with Crippen LogP contribution in [-0.4, -0.2) is 43.2 Å². The molecule has 0 spiro atoms. The SMILES string of the molecule is Cc1ccc(S(=O)(=O)N2C/C=C\N(C)C(=O)[C@H]3CCCC[C@@H]32)cc1. The van der Waals surface area contributed by atoms with Crippen molar-refractivity contribution in [3.63, 3.8) is 0 Å². The third-order valence-electron chi connectivity index (χ3n) is 5.01. The molecular formula is C18H24N2O3S. The van der Waals surface area contributed by atoms with E-state index in [9.17, 15) is 13.2 Å². The lowest BCUT2D eigenvalue weighted by molar-refractivity contribution is -0.134. The minimum atomic E-state index is -3.62. The van der Waals surface area contributed by atoms with Crippen molar-refractivity contribution in [1.82, 2.24) is 9.21 Å². The lowest BCUT2D eigenvalue weighted by atomic mass is 9.83. The van der Waals surface area contributed by atoms with E-state index >= 15 is 0 Å². The smallest absolute Gasteiger partial charge is 0.243 e. The molecule has 1 aromatic carbocycles. The van der Waals surface area contributed by atoms with Crippen LogP contribution in [0.25, 0.3) is 0 Å². The molecule has 2 atom stereocenters. The fourth-order valence-electron chi connectivity index (χ4n) is 3.65. The minimum Gasteiger partial charge on any atom is -0.322 e. The molecule has 0 bridgehead atoms. The zero-order chi connectivity index (χ0) is 17.3. The number of hydrogen-bond donors (Lipinski definition) is 0. The second kappa shape index (κ2) is 6.69. The number of nitrogens with zero attached hydrogens (tertiary/aromatic N) is 2. The Morgan fingerprint density at radius 2 is 1.75 bits per heavy atom. The summed E-state index contributed by atoms with van der Waals surface area (Å²) >= 11 is 0. The van der Waals surface area contributed by atoms with Gasteiger partial charge in [0.05, 0.1) is 10.8 Å². The van der Waals surface area contributed by atoms with Gasteiger partial charge >= 0.3 is 0 Å². The van der Waals surface area contributed by atoms with Gasteiger partial charge in [0.2, 0.25) is 15.9 Å². The van der Waals surface area contributed by atoms with Gasteiger partial charge in [0.15, 0.2) is 0 Å². The van der Waals surface area contributed by atoms with Gasteiger partial charge in [-0.2, -0.15) is 4.31 Å². The largest absolute Gasteiger partial charge is 0.322 e. The summed E-state index contributed by atoms with van der Waals surface area (Å²) < 4.78 is 27.9. The molecule has 0 radical (unpaired) electrons. The molecule has 1 aliphatic heterocycles. The summed E-state index contributed by atoms with van der Waals surface area (Å²) in [6.45, 7) is 2.23. The number of amides is 1. The molecule has 1 amide bonds. The van der Waals surface area contributed by atoms with Crippen LogP contribution < -0.4 is 0 Å². The highest BCUT2D eigenvalue weighted by Gasteiger charge is 2.41. The topological polar surface area (TPSA) is 57.7 Å². The van der Waals surface area contributed by atoms with E-state index in [1.807, 2.05) is 19.1 Å². The Morgan fingerprint density at radius 3 is 2.46 bits per heavy atom. The van der Waals surface area contributed by atoms with Crippen LogP contribution >= 0.6 is 0 Å². The van der Waals surface area contributed by atoms with Crippen LogP contribution in [0.15, 0.2) is 41.4 Å². The lowest BCUT2D eigenvalue weighted by Gasteiger charge is -2.40. The maximum Gasteiger partial charge on any atom is 0.243 e. The fraction of sp³-hybridized carbons (Fsp3) is 0.500. The zero-order valence-electron chi connectivity index (χ0n) is 14.2. The molecule has 5 nitrogen and oxygen atoms in total. The van der Waals surface area contributed by atoms with Crippen molar-refractivity contribution >= 4 is 15.9 Å². The Hall–Kier alpha value is -1.66. The Bertz CT molecular complexity index is 740. The fourth-order valence-corrected chi connectivity index (χ4v) is 5.29. The van der Waals surface area contributed by atoms with Crippen molar-refractivity contribution in [3.05, 3.63) is 42.1 Å². The van der Waals surface area contributed by atoms with Crippen LogP contribution in [0.4, 0.5) is 0 Å². The van der Waals surface area contributed by atoms with Gasteiger partial charge in [-0.15, -0.1) is 0 Å². The molecule has 2 aliphatic rings. The van der Waals surface area contributed by atoms with E-state index in [0.717, 1.165) is 31.2 Å². The molecule has 1 aromatic rings. The highest BCUT2D eigenvalue weighted by molar-refractivity contribution is 7.89. The normalized spacial score (nSPS) is 27.2. The number of rotatable bonds is 2. The molecular weight excluding hydrogens is 324 g/mol. The van der Waals surface area contributed by atoms with Crippen molar-refractivity contribution in [2.45, 2.75) is 43.5 Å². The standard InChI is InChI=1S/C18H24N2O3S/c1-14-8-10-15(11-9-14)24(22,23)20-13-5-12-19(2)18(21)16-6-3-4-7-17(16)20/h5,8-12,16-17H,3-4,6-7,13H2,1-2H3/b12-5-/t16-,17-/m0/s1. The van der Waals surface area contributed by atoms with Gasteiger partial charge < -0.3 is 4.90 Å². The van der Waals surface area contributed by atoms with Gasteiger partial charge in [-0.1, -0.05) is 36.6 Å². The van der Waals surface area contributed by atoms with E-state index in [0.29, 0.717) is 11.4 Å². The summed E-state index contributed by atoms with van der Waals surface area (Å²) in [7, 11) is -1.87. The van der Waals surface area contributed by atoms with Gasteiger partial charge in [-0.3, -0.25) is 4.79 Å². The van der Waals surface area contributed by atoms with Crippen LogP contribution in [0.2, 0.25) is 0 Å². The van der Waals surface area contributed by atoms with Gasteiger partial charge in [0.25, 0.3) is 0 Å². The summed E-state index contributed by atoms with van der Waals surface area (Å²) in [6.07, 6.45) is 6.87. The third kappa shape index (κ3) is 3.13. The summed E-state index contributed by atoms with van der Waals surface area (Å²) in [6, 6.07) is 6.66. The average Bonchev–Trinajstić information content (AvgIpc) is 2.57. The Morgan fingerprint density at radius 1 is 1.08 bits per heavy atom. The molecule has 3 rings (SSSR count). The Labute approximate surface area is 144 Å². The lowest BCUT2D eigenvalue weighted by Crippen LogP contribution is -2.51. The first-order chi connectivity index (χ1) is 11.4. The average molecular weight is 348 g/mol. The van der Waals surface area contributed by atoms with Crippen molar-refractivity contribution in [2.24, 2.45) is 5.92 Å². The number of carbonyl (C=O) groups is 1. The van der Waals surface area contributed by atoms with Gasteiger partial charge in [0.1, 0.15) is 0 Å². The summed E-state index contributed by atoms with van der Waals surface area (Å²) in [5, 5.41) is 0. The predicted molar refractivity (Wildman–Crippen MR) is 92.7 cm³/mol. The van der Waals surface area contributed by atoms with E-state index < -0.39 is 10.0 Å². The van der Waals surface area contributed by atoms with Crippen molar-refractivity contribution in [3.8, 4) is 0 Å². The van der Waals surface area contributed by atoms with Crippen LogP contribution in [-0.2, 0) is 14.8 Å². The highest BCUT2D eigenvalue weighted by Crippen LogP contribution is 2.34. The Balaban J connectivity index is 2.02. The molecule has 0 unspecified atom stereocenters. The second-order valence-electron chi connectivity index (χ2n) is 6.68. The number of aryl methyl sites for hydroxylation is 1. The molecule has 0 N–H and O–H groups in total.